The number of aliphatic hydroxyl groups is 1. The van der Waals surface area contributed by atoms with Crippen molar-refractivity contribution in [3.05, 3.63) is 0 Å². The van der Waals surface area contributed by atoms with Gasteiger partial charge in [0.15, 0.2) is 0 Å². The molecular weight excluding hydrogens is 526 g/mol. The molecule has 0 rings (SSSR count). The molecule has 0 spiro atoms. The van der Waals surface area contributed by atoms with Gasteiger partial charge in [-0.1, -0.05) is 152 Å². The SMILES string of the molecule is C.C.C.C.C.C.C.C.C.C.C.C.C.C.CCC(C)C(N)=O.CCC(C)O.CCCCOC.CCCOC.CCCOC. The van der Waals surface area contributed by atoms with Gasteiger partial charge in [-0.25, -0.2) is 0 Å². The van der Waals surface area contributed by atoms with Gasteiger partial charge in [-0.3, -0.25) is 4.79 Å². The van der Waals surface area contributed by atoms with Crippen LogP contribution in [-0.2, 0) is 19.0 Å². The first kappa shape index (κ1) is 135. The van der Waals surface area contributed by atoms with E-state index >= 15 is 0 Å². The van der Waals surface area contributed by atoms with Gasteiger partial charge in [0.25, 0.3) is 0 Å². The number of amides is 1. The summed E-state index contributed by atoms with van der Waals surface area (Å²) in [5, 5.41) is 8.36. The number of methoxy groups -OCH3 is 3. The lowest BCUT2D eigenvalue weighted by Crippen LogP contribution is -2.19. The number of nitrogens with two attached hydrogens (primary N) is 1. The van der Waals surface area contributed by atoms with Gasteiger partial charge in [0.1, 0.15) is 0 Å². The second-order valence-electron chi connectivity index (χ2n) is 6.30. The van der Waals surface area contributed by atoms with E-state index < -0.39 is 0 Å². The Balaban J connectivity index is -0.00000000859. The molecule has 42 heavy (non-hydrogen) atoms. The Kier molecular flexibility index (Phi) is 485. The second kappa shape index (κ2) is 151. The van der Waals surface area contributed by atoms with Gasteiger partial charge in [-0.15, -0.1) is 0 Å². The van der Waals surface area contributed by atoms with E-state index in [1.807, 2.05) is 20.8 Å². The van der Waals surface area contributed by atoms with Gasteiger partial charge < -0.3 is 25.1 Å². The average molecular weight is 636 g/mol. The van der Waals surface area contributed by atoms with Crippen molar-refractivity contribution in [3.8, 4) is 0 Å². The maximum atomic E-state index is 10.2. The number of ether oxygens (including phenoxy) is 3. The molecule has 0 fully saturated rings. The zero-order chi connectivity index (χ0) is 23.2. The molecule has 2 unspecified atom stereocenters. The number of hydrogen-bond acceptors (Lipinski definition) is 5. The first-order valence-corrected chi connectivity index (χ1v) is 10.6. The number of rotatable bonds is 10. The lowest BCUT2D eigenvalue weighted by atomic mass is 10.1. The van der Waals surface area contributed by atoms with Crippen molar-refractivity contribution < 1.29 is 24.1 Å². The first-order chi connectivity index (χ1) is 13.2. The molecule has 2 atom stereocenters. The van der Waals surface area contributed by atoms with Crippen molar-refractivity contribution in [2.45, 2.75) is 197 Å². The molecule has 0 aliphatic rings. The molecule has 288 valence electrons. The third-order valence-electron chi connectivity index (χ3n) is 3.21. The number of unbranched alkanes of at least 4 members (excludes halogenated alkanes) is 1. The van der Waals surface area contributed by atoms with E-state index in [9.17, 15) is 4.79 Å². The molecule has 0 aromatic rings. The molecule has 6 nitrogen and oxygen atoms in total. The summed E-state index contributed by atoms with van der Waals surface area (Å²) in [5.74, 6) is -0.164. The quantitative estimate of drug-likeness (QED) is 0.233. The topological polar surface area (TPSA) is 91.0 Å². The molecule has 0 radical (unpaired) electrons. The third-order valence-corrected chi connectivity index (χ3v) is 3.21. The van der Waals surface area contributed by atoms with E-state index in [-0.39, 0.29) is 122 Å². The van der Waals surface area contributed by atoms with E-state index in [2.05, 4.69) is 20.8 Å². The van der Waals surface area contributed by atoms with E-state index in [0.29, 0.717) is 0 Å². The third kappa shape index (κ3) is 282. The van der Waals surface area contributed by atoms with Crippen LogP contribution in [0.2, 0.25) is 0 Å². The van der Waals surface area contributed by atoms with Crippen molar-refractivity contribution in [2.75, 3.05) is 41.2 Å². The van der Waals surface area contributed by atoms with Crippen LogP contribution in [0.5, 0.6) is 0 Å². The molecule has 0 heterocycles. The summed E-state index contributed by atoms with van der Waals surface area (Å²) >= 11 is 0. The fourth-order valence-electron chi connectivity index (χ4n) is 0.898. The van der Waals surface area contributed by atoms with Crippen LogP contribution in [0.15, 0.2) is 0 Å². The number of carbonyl (C=O) groups is 1. The Hall–Kier alpha value is -0.690. The largest absolute Gasteiger partial charge is 0.393 e. The van der Waals surface area contributed by atoms with Crippen LogP contribution in [0.25, 0.3) is 0 Å². The zero-order valence-corrected chi connectivity index (χ0v) is 20.7. The number of hydrogen-bond donors (Lipinski definition) is 2. The highest BCUT2D eigenvalue weighted by atomic mass is 16.5. The summed E-state index contributed by atoms with van der Waals surface area (Å²) in [5.41, 5.74) is 4.91. The van der Waals surface area contributed by atoms with Gasteiger partial charge in [-0.2, -0.15) is 0 Å². The van der Waals surface area contributed by atoms with Crippen molar-refractivity contribution >= 4 is 5.91 Å². The van der Waals surface area contributed by atoms with Gasteiger partial charge in [0, 0.05) is 47.1 Å². The predicted molar refractivity (Wildman–Crippen MR) is 216 cm³/mol. The molecule has 0 aliphatic carbocycles. The van der Waals surface area contributed by atoms with Crippen molar-refractivity contribution in [3.63, 3.8) is 0 Å². The number of aliphatic hydroxyl groups excluding tert-OH is 1. The van der Waals surface area contributed by atoms with Gasteiger partial charge in [0.2, 0.25) is 5.91 Å². The van der Waals surface area contributed by atoms with Gasteiger partial charge >= 0.3 is 0 Å². The fraction of sp³-hybridized carbons (Fsp3) is 0.972. The normalized spacial score (nSPS) is 7.31. The first-order valence-electron chi connectivity index (χ1n) is 10.6. The summed E-state index contributed by atoms with van der Waals surface area (Å²) in [6, 6.07) is 0. The van der Waals surface area contributed by atoms with E-state index in [1.54, 1.807) is 28.3 Å². The summed E-state index contributed by atoms with van der Waals surface area (Å²) in [6.45, 7) is 16.5. The monoisotopic (exact) mass is 636 g/mol. The maximum Gasteiger partial charge on any atom is 0.220 e. The van der Waals surface area contributed by atoms with Crippen LogP contribution in [0.1, 0.15) is 191 Å². The average Bonchev–Trinajstić information content (AvgIpc) is 2.68. The Morgan fingerprint density at radius 1 is 0.548 bits per heavy atom. The van der Waals surface area contributed by atoms with Crippen LogP contribution < -0.4 is 5.73 Å². The van der Waals surface area contributed by atoms with E-state index in [1.165, 1.54) is 12.8 Å². The van der Waals surface area contributed by atoms with E-state index in [0.717, 1.165) is 45.5 Å². The van der Waals surface area contributed by atoms with Crippen LogP contribution in [0.3, 0.4) is 0 Å². The fourth-order valence-corrected chi connectivity index (χ4v) is 0.898. The Morgan fingerprint density at radius 3 is 0.810 bits per heavy atom. The van der Waals surface area contributed by atoms with Crippen molar-refractivity contribution in [2.24, 2.45) is 11.7 Å². The highest BCUT2D eigenvalue weighted by molar-refractivity contribution is 5.76. The summed E-state index contributed by atoms with van der Waals surface area (Å²) < 4.78 is 14.2. The van der Waals surface area contributed by atoms with Gasteiger partial charge in [-0.05, 0) is 39.0 Å². The van der Waals surface area contributed by atoms with Crippen LogP contribution in [-0.4, -0.2) is 58.3 Å². The lowest BCUT2D eigenvalue weighted by Gasteiger charge is -1.98. The number of carbonyl (C=O) groups excluding carboxylic acids is 1. The molecule has 0 bridgehead atoms. The molecule has 1 amide bonds. The molecule has 0 saturated carbocycles. The van der Waals surface area contributed by atoms with Crippen molar-refractivity contribution in [1.29, 1.82) is 0 Å². The highest BCUT2D eigenvalue weighted by Gasteiger charge is 2.02. The van der Waals surface area contributed by atoms with E-state index in [4.69, 9.17) is 25.1 Å². The predicted octanol–water partition coefficient (Wildman–Crippen LogP) is 13.7. The molecule has 0 aliphatic heterocycles. The standard InChI is InChI=1S/C5H11NO.C5H12O.3C4H10O.14CH4/c1-3-4(2)5(6)7;1-3-4-5-6-2;2*1-3-4-5-2;1-3-4(2)5;;;;;;;;;;;;;;/h4H,3H2,1-2H3,(H2,6,7);3-5H2,1-2H3;2*3-4H2,1-2H3;4-5H,3H2,1-2H3;14*1H4. The Morgan fingerprint density at radius 2 is 0.786 bits per heavy atom. The number of primary amides is 1. The second-order valence-corrected chi connectivity index (χ2v) is 6.30. The highest BCUT2D eigenvalue weighted by Crippen LogP contribution is 1.96. The van der Waals surface area contributed by atoms with Crippen LogP contribution >= 0.6 is 0 Å². The molecule has 0 aromatic carbocycles. The molecule has 0 saturated heterocycles. The maximum absolute atomic E-state index is 10.2. The molecule has 0 aromatic heterocycles. The Bertz CT molecular complexity index is 229. The van der Waals surface area contributed by atoms with Crippen LogP contribution in [0.4, 0.5) is 0 Å². The molecule has 3 N–H and O–H groups in total. The summed E-state index contributed by atoms with van der Waals surface area (Å²) in [6.07, 6.45) is 6.25. The minimum Gasteiger partial charge on any atom is -0.393 e. The summed E-state index contributed by atoms with van der Waals surface area (Å²) in [7, 11) is 5.16. The summed E-state index contributed by atoms with van der Waals surface area (Å²) in [4.78, 5) is 10.2. The van der Waals surface area contributed by atoms with Crippen LogP contribution in [0, 0.1) is 5.92 Å². The van der Waals surface area contributed by atoms with Crippen molar-refractivity contribution in [1.82, 2.24) is 0 Å². The Labute approximate surface area is 279 Å². The minimum absolute atomic E-state index is 0. The minimum atomic E-state index is -0.206. The smallest absolute Gasteiger partial charge is 0.220 e. The van der Waals surface area contributed by atoms with Gasteiger partial charge in [0.05, 0.1) is 6.10 Å². The molecule has 6 heteroatoms. The lowest BCUT2D eigenvalue weighted by molar-refractivity contribution is -0.121. The molecular formula is C36H109NO5. The zero-order valence-electron chi connectivity index (χ0n) is 20.7.